The number of hydrogen-bond acceptors (Lipinski definition) is 7. The molecule has 0 spiro atoms. The molecule has 2 aromatic heterocycles. The maximum absolute atomic E-state index is 14.0. The Bertz CT molecular complexity index is 1310. The number of anilines is 1. The maximum Gasteiger partial charge on any atom is 0.257 e. The summed E-state index contributed by atoms with van der Waals surface area (Å²) in [5.41, 5.74) is 3.22. The Morgan fingerprint density at radius 1 is 1.13 bits per heavy atom. The predicted octanol–water partition coefficient (Wildman–Crippen LogP) is 2.45. The molecule has 1 aliphatic carbocycles. The van der Waals surface area contributed by atoms with Crippen molar-refractivity contribution >= 4 is 23.3 Å². The topological polar surface area (TPSA) is 112 Å². The first-order valence-electron chi connectivity index (χ1n) is 13.8. The summed E-state index contributed by atoms with van der Waals surface area (Å²) in [5.74, 6) is 1.37. The van der Waals surface area contributed by atoms with Crippen LogP contribution in [0.3, 0.4) is 0 Å². The van der Waals surface area contributed by atoms with E-state index in [4.69, 9.17) is 14.8 Å². The average molecular weight is 521 g/mol. The monoisotopic (exact) mass is 520 g/mol. The van der Waals surface area contributed by atoms with Crippen molar-refractivity contribution in [2.75, 3.05) is 37.7 Å². The van der Waals surface area contributed by atoms with Crippen molar-refractivity contribution in [2.24, 2.45) is 5.92 Å². The second-order valence-electron chi connectivity index (χ2n) is 11.2. The molecule has 3 aliphatic heterocycles. The lowest BCUT2D eigenvalue weighted by molar-refractivity contribution is -0.132. The number of fused-ring (bicyclic) bond motifs is 3. The first-order chi connectivity index (χ1) is 18.4. The first kappa shape index (κ1) is 24.9. The van der Waals surface area contributed by atoms with E-state index >= 15 is 0 Å². The number of aliphatic hydroxyl groups is 1. The van der Waals surface area contributed by atoms with Gasteiger partial charge in [-0.25, -0.2) is 9.50 Å². The molecule has 2 aromatic rings. The highest BCUT2D eigenvalue weighted by molar-refractivity contribution is 5.95. The van der Waals surface area contributed by atoms with Gasteiger partial charge in [0.25, 0.3) is 11.8 Å². The van der Waals surface area contributed by atoms with Crippen LogP contribution in [0.5, 0.6) is 0 Å². The van der Waals surface area contributed by atoms with E-state index in [1.165, 1.54) is 0 Å². The number of β-amino-alcohol motifs (C(OH)–C–C–N with tert-alkyl or cyclic N) is 1. The molecule has 10 heteroatoms. The summed E-state index contributed by atoms with van der Waals surface area (Å²) in [5, 5.41) is 17.9. The standard InChI is InChI=1S/C28H36N6O4/c1-17-6-7-24-20(11-17)28(37)33-10-4-3-5-22(33)21-12-26-30-25(32-14-19(35)15-32)13-23(34(26)31-21)18(2)8-9-29-27(36)16-38-24/h6-7,12-13,17-19,22,35H,3-5,8-11,14-16H2,1-2H3,(H,29,36). The highest BCUT2D eigenvalue weighted by Gasteiger charge is 2.35. The van der Waals surface area contributed by atoms with Gasteiger partial charge in [0.15, 0.2) is 12.3 Å². The van der Waals surface area contributed by atoms with E-state index in [-0.39, 0.29) is 42.4 Å². The van der Waals surface area contributed by atoms with Gasteiger partial charge < -0.3 is 25.0 Å². The summed E-state index contributed by atoms with van der Waals surface area (Å²) >= 11 is 0. The Balaban J connectivity index is 1.44. The van der Waals surface area contributed by atoms with Crippen LogP contribution in [0.4, 0.5) is 5.82 Å². The van der Waals surface area contributed by atoms with Crippen molar-refractivity contribution in [3.8, 4) is 0 Å². The van der Waals surface area contributed by atoms with Crippen molar-refractivity contribution < 1.29 is 19.4 Å². The molecular weight excluding hydrogens is 484 g/mol. The largest absolute Gasteiger partial charge is 0.483 e. The summed E-state index contributed by atoms with van der Waals surface area (Å²) in [7, 11) is 0. The fourth-order valence-electron chi connectivity index (χ4n) is 5.92. The van der Waals surface area contributed by atoms with Gasteiger partial charge in [-0.2, -0.15) is 5.10 Å². The van der Waals surface area contributed by atoms with Crippen LogP contribution in [-0.2, 0) is 14.3 Å². The van der Waals surface area contributed by atoms with Gasteiger partial charge in [0.2, 0.25) is 0 Å². The fraction of sp³-hybridized carbons (Fsp3) is 0.571. The van der Waals surface area contributed by atoms with E-state index in [0.717, 1.165) is 48.5 Å². The molecular formula is C28H36N6O4. The minimum absolute atomic E-state index is 0.0396. The van der Waals surface area contributed by atoms with Gasteiger partial charge in [0.05, 0.1) is 29.1 Å². The average Bonchev–Trinajstić information content (AvgIpc) is 3.33. The van der Waals surface area contributed by atoms with Crippen LogP contribution < -0.4 is 10.2 Å². The molecule has 0 aromatic carbocycles. The van der Waals surface area contributed by atoms with Crippen molar-refractivity contribution in [1.82, 2.24) is 24.8 Å². The molecule has 2 saturated heterocycles. The summed E-state index contributed by atoms with van der Waals surface area (Å²) in [6.07, 6.45) is 7.64. The number of hydrogen-bond donors (Lipinski definition) is 2. The highest BCUT2D eigenvalue weighted by Crippen LogP contribution is 2.36. The third-order valence-electron chi connectivity index (χ3n) is 8.17. The third-order valence-corrected chi connectivity index (χ3v) is 8.17. The maximum atomic E-state index is 14.0. The molecule has 202 valence electrons. The molecule has 10 nitrogen and oxygen atoms in total. The summed E-state index contributed by atoms with van der Waals surface area (Å²) in [6, 6.07) is 3.91. The Labute approximate surface area is 222 Å². The van der Waals surface area contributed by atoms with Gasteiger partial charge in [0, 0.05) is 44.2 Å². The predicted molar refractivity (Wildman–Crippen MR) is 141 cm³/mol. The molecule has 38 heavy (non-hydrogen) atoms. The van der Waals surface area contributed by atoms with Crippen LogP contribution in [0.2, 0.25) is 0 Å². The van der Waals surface area contributed by atoms with Gasteiger partial charge in [-0.3, -0.25) is 9.59 Å². The van der Waals surface area contributed by atoms with Gasteiger partial charge in [-0.15, -0.1) is 0 Å². The Morgan fingerprint density at radius 2 is 1.97 bits per heavy atom. The van der Waals surface area contributed by atoms with E-state index in [0.29, 0.717) is 43.9 Å². The minimum atomic E-state index is -0.334. The van der Waals surface area contributed by atoms with Gasteiger partial charge >= 0.3 is 0 Å². The Hall–Kier alpha value is -3.40. The SMILES string of the molecule is CC1C=CC2=C(C1)C(=O)N1CCCCC1c1cc3nc(N4CC(O)C4)cc(n3n1)C(C)CCNC(=O)CO2. The van der Waals surface area contributed by atoms with Crippen molar-refractivity contribution in [3.05, 3.63) is 47.0 Å². The Kier molecular flexibility index (Phi) is 6.59. The van der Waals surface area contributed by atoms with Crippen LogP contribution in [0, 0.1) is 5.92 Å². The van der Waals surface area contributed by atoms with E-state index in [9.17, 15) is 14.7 Å². The number of rotatable bonds is 1. The smallest absolute Gasteiger partial charge is 0.257 e. The second kappa shape index (κ2) is 10.1. The summed E-state index contributed by atoms with van der Waals surface area (Å²) in [6.45, 7) is 6.35. The zero-order valence-corrected chi connectivity index (χ0v) is 22.1. The molecule has 3 atom stereocenters. The Morgan fingerprint density at radius 3 is 2.79 bits per heavy atom. The van der Waals surface area contributed by atoms with Crippen molar-refractivity contribution in [1.29, 1.82) is 0 Å². The molecule has 0 radical (unpaired) electrons. The van der Waals surface area contributed by atoms with Crippen LogP contribution in [0.15, 0.2) is 35.6 Å². The lowest BCUT2D eigenvalue weighted by atomic mass is 9.91. The number of allylic oxidation sites excluding steroid dienone is 2. The van der Waals surface area contributed by atoms with Crippen molar-refractivity contribution in [2.45, 2.75) is 64.0 Å². The normalized spacial score (nSPS) is 27.2. The zero-order chi connectivity index (χ0) is 26.4. The lowest BCUT2D eigenvalue weighted by Crippen LogP contribution is -2.51. The van der Waals surface area contributed by atoms with Crippen molar-refractivity contribution in [3.63, 3.8) is 0 Å². The summed E-state index contributed by atoms with van der Waals surface area (Å²) in [4.78, 5) is 35.5. The van der Waals surface area contributed by atoms with E-state index < -0.39 is 0 Å². The van der Waals surface area contributed by atoms with Gasteiger partial charge in [-0.1, -0.05) is 19.9 Å². The van der Waals surface area contributed by atoms with Crippen LogP contribution in [-0.4, -0.2) is 75.3 Å². The number of nitrogens with one attached hydrogen (secondary N) is 1. The number of nitrogens with zero attached hydrogens (tertiary/aromatic N) is 5. The molecule has 3 unspecified atom stereocenters. The van der Waals surface area contributed by atoms with Crippen LogP contribution in [0.25, 0.3) is 5.65 Å². The number of aromatic nitrogens is 3. The third kappa shape index (κ3) is 4.66. The number of ether oxygens (including phenoxy) is 1. The second-order valence-corrected chi connectivity index (χ2v) is 11.2. The number of carbonyl (C=O) groups excluding carboxylic acids is 2. The van der Waals surface area contributed by atoms with Crippen LogP contribution in [0.1, 0.15) is 69.3 Å². The number of carbonyl (C=O) groups is 2. The molecule has 2 bridgehead atoms. The molecule has 4 aliphatic rings. The molecule has 2 N–H and O–H groups in total. The number of amides is 2. The number of aliphatic hydroxyl groups excluding tert-OH is 1. The van der Waals surface area contributed by atoms with E-state index in [1.54, 1.807) is 0 Å². The summed E-state index contributed by atoms with van der Waals surface area (Å²) < 4.78 is 7.82. The molecule has 0 saturated carbocycles. The van der Waals surface area contributed by atoms with Gasteiger partial charge in [0.1, 0.15) is 11.6 Å². The van der Waals surface area contributed by atoms with Crippen LogP contribution >= 0.6 is 0 Å². The molecule has 2 fully saturated rings. The quantitative estimate of drug-likeness (QED) is 0.594. The molecule has 2 amide bonds. The molecule has 6 rings (SSSR count). The highest BCUT2D eigenvalue weighted by atomic mass is 16.5. The fourth-order valence-corrected chi connectivity index (χ4v) is 5.92. The minimum Gasteiger partial charge on any atom is -0.483 e. The number of piperidine rings is 1. The van der Waals surface area contributed by atoms with E-state index in [1.807, 2.05) is 33.7 Å². The van der Waals surface area contributed by atoms with E-state index in [2.05, 4.69) is 24.1 Å². The first-order valence-corrected chi connectivity index (χ1v) is 13.8. The lowest BCUT2D eigenvalue weighted by Gasteiger charge is -2.37. The van der Waals surface area contributed by atoms with Gasteiger partial charge in [-0.05, 0) is 44.1 Å². The zero-order valence-electron chi connectivity index (χ0n) is 22.1. The molecule has 5 heterocycles.